The molecule has 1 amide bonds. The molecule has 1 aliphatic heterocycles. The predicted octanol–water partition coefficient (Wildman–Crippen LogP) is 2.67. The summed E-state index contributed by atoms with van der Waals surface area (Å²) in [5, 5.41) is 12.8. The summed E-state index contributed by atoms with van der Waals surface area (Å²) < 4.78 is 7.13. The molecular formula is C22H28N6O2S. The van der Waals surface area contributed by atoms with E-state index in [1.165, 1.54) is 4.88 Å². The zero-order chi connectivity index (χ0) is 21.6. The van der Waals surface area contributed by atoms with E-state index in [0.29, 0.717) is 13.0 Å². The van der Waals surface area contributed by atoms with Gasteiger partial charge in [0.2, 0.25) is 5.91 Å². The van der Waals surface area contributed by atoms with E-state index in [1.807, 2.05) is 31.3 Å². The number of aromatic nitrogens is 4. The summed E-state index contributed by atoms with van der Waals surface area (Å²) in [6.07, 6.45) is 3.16. The van der Waals surface area contributed by atoms with Crippen molar-refractivity contribution in [1.82, 2.24) is 30.0 Å². The number of fused-ring (bicyclic) bond motifs is 1. The minimum atomic E-state index is -0.188. The molecule has 164 valence electrons. The quantitative estimate of drug-likeness (QED) is 0.580. The van der Waals surface area contributed by atoms with Crippen LogP contribution in [-0.2, 0) is 29.0 Å². The SMILES string of the molecule is COCCC(=O)N[C@H](C)c1nnc2n1CCN(Cc1cnc(-c3ccccc3)s1)CC2. The number of methoxy groups -OCH3 is 1. The predicted molar refractivity (Wildman–Crippen MR) is 120 cm³/mol. The van der Waals surface area contributed by atoms with Gasteiger partial charge in [0.1, 0.15) is 10.8 Å². The molecule has 3 heterocycles. The lowest BCUT2D eigenvalue weighted by Gasteiger charge is -2.19. The van der Waals surface area contributed by atoms with Gasteiger partial charge in [-0.05, 0) is 6.92 Å². The molecule has 3 aromatic rings. The van der Waals surface area contributed by atoms with Crippen LogP contribution < -0.4 is 5.32 Å². The number of hydrogen-bond acceptors (Lipinski definition) is 7. The Hall–Kier alpha value is -2.62. The summed E-state index contributed by atoms with van der Waals surface area (Å²) in [6.45, 7) is 5.87. The molecule has 1 atom stereocenters. The number of thiazole rings is 1. The summed E-state index contributed by atoms with van der Waals surface area (Å²) in [5.74, 6) is 1.75. The normalized spacial score (nSPS) is 15.3. The van der Waals surface area contributed by atoms with Crippen LogP contribution in [0.5, 0.6) is 0 Å². The molecule has 0 bridgehead atoms. The number of hydrogen-bond donors (Lipinski definition) is 1. The second-order valence-electron chi connectivity index (χ2n) is 7.68. The number of nitrogens with zero attached hydrogens (tertiary/aromatic N) is 5. The number of benzene rings is 1. The maximum atomic E-state index is 12.0. The fourth-order valence-corrected chi connectivity index (χ4v) is 4.72. The van der Waals surface area contributed by atoms with Gasteiger partial charge in [-0.3, -0.25) is 9.69 Å². The van der Waals surface area contributed by atoms with E-state index in [0.717, 1.165) is 54.8 Å². The van der Waals surface area contributed by atoms with Gasteiger partial charge in [0.05, 0.1) is 12.6 Å². The van der Waals surface area contributed by atoms with Gasteiger partial charge < -0.3 is 14.6 Å². The van der Waals surface area contributed by atoms with Crippen molar-refractivity contribution in [3.63, 3.8) is 0 Å². The molecule has 0 radical (unpaired) electrons. The first-order valence-corrected chi connectivity index (χ1v) is 11.4. The third-order valence-corrected chi connectivity index (χ3v) is 6.43. The van der Waals surface area contributed by atoms with Crippen LogP contribution in [0.15, 0.2) is 36.5 Å². The highest BCUT2D eigenvalue weighted by Crippen LogP contribution is 2.26. The third kappa shape index (κ3) is 5.36. The number of nitrogens with one attached hydrogen (secondary N) is 1. The molecule has 4 rings (SSSR count). The number of amides is 1. The van der Waals surface area contributed by atoms with Gasteiger partial charge in [-0.1, -0.05) is 30.3 Å². The van der Waals surface area contributed by atoms with Crippen LogP contribution in [0.2, 0.25) is 0 Å². The fraction of sp³-hybridized carbons (Fsp3) is 0.455. The third-order valence-electron chi connectivity index (χ3n) is 5.40. The van der Waals surface area contributed by atoms with Crippen LogP contribution in [0.1, 0.15) is 35.9 Å². The molecule has 0 saturated carbocycles. The lowest BCUT2D eigenvalue weighted by molar-refractivity contribution is -0.122. The van der Waals surface area contributed by atoms with Crippen LogP contribution >= 0.6 is 11.3 Å². The van der Waals surface area contributed by atoms with Crippen LogP contribution in [0.25, 0.3) is 10.6 Å². The van der Waals surface area contributed by atoms with Crippen molar-refractivity contribution < 1.29 is 9.53 Å². The monoisotopic (exact) mass is 440 g/mol. The van der Waals surface area contributed by atoms with Gasteiger partial charge >= 0.3 is 0 Å². The molecule has 31 heavy (non-hydrogen) atoms. The molecule has 8 nitrogen and oxygen atoms in total. The van der Waals surface area contributed by atoms with Crippen molar-refractivity contribution in [2.24, 2.45) is 0 Å². The average Bonchev–Trinajstić information content (AvgIpc) is 3.37. The first-order valence-electron chi connectivity index (χ1n) is 10.6. The van der Waals surface area contributed by atoms with Gasteiger partial charge in [0.25, 0.3) is 0 Å². The van der Waals surface area contributed by atoms with Crippen LogP contribution in [-0.4, -0.2) is 57.4 Å². The van der Waals surface area contributed by atoms with Gasteiger partial charge in [-0.2, -0.15) is 0 Å². The molecule has 1 aromatic carbocycles. The van der Waals surface area contributed by atoms with Crippen molar-refractivity contribution in [2.75, 3.05) is 26.8 Å². The van der Waals surface area contributed by atoms with E-state index >= 15 is 0 Å². The largest absolute Gasteiger partial charge is 0.384 e. The van der Waals surface area contributed by atoms with Gasteiger partial charge in [0.15, 0.2) is 5.82 Å². The first-order chi connectivity index (χ1) is 15.1. The molecule has 0 spiro atoms. The van der Waals surface area contributed by atoms with E-state index in [1.54, 1.807) is 18.4 Å². The fourth-order valence-electron chi connectivity index (χ4n) is 3.76. The summed E-state index contributed by atoms with van der Waals surface area (Å²) in [4.78, 5) is 20.3. The zero-order valence-electron chi connectivity index (χ0n) is 18.0. The lowest BCUT2D eigenvalue weighted by Crippen LogP contribution is -2.30. The first kappa shape index (κ1) is 21.6. The maximum absolute atomic E-state index is 12.0. The lowest BCUT2D eigenvalue weighted by atomic mass is 10.2. The van der Waals surface area contributed by atoms with E-state index in [4.69, 9.17) is 4.74 Å². The Morgan fingerprint density at radius 3 is 2.87 bits per heavy atom. The molecule has 2 aromatic heterocycles. The Balaban J connectivity index is 1.37. The van der Waals surface area contributed by atoms with Crippen molar-refractivity contribution in [2.45, 2.75) is 38.9 Å². The second-order valence-corrected chi connectivity index (χ2v) is 8.80. The summed E-state index contributed by atoms with van der Waals surface area (Å²) in [7, 11) is 1.59. The van der Waals surface area contributed by atoms with E-state index in [2.05, 4.69) is 42.1 Å². The molecule has 0 aliphatic carbocycles. The average molecular weight is 441 g/mol. The highest BCUT2D eigenvalue weighted by Gasteiger charge is 2.23. The second kappa shape index (κ2) is 10.1. The van der Waals surface area contributed by atoms with Crippen LogP contribution in [0.3, 0.4) is 0 Å². The van der Waals surface area contributed by atoms with E-state index in [9.17, 15) is 4.79 Å². The summed E-state index contributed by atoms with van der Waals surface area (Å²) >= 11 is 1.75. The highest BCUT2D eigenvalue weighted by molar-refractivity contribution is 7.15. The van der Waals surface area contributed by atoms with Crippen molar-refractivity contribution >= 4 is 17.2 Å². The Bertz CT molecular complexity index is 1000. The van der Waals surface area contributed by atoms with Crippen molar-refractivity contribution in [3.8, 4) is 10.6 Å². The molecular weight excluding hydrogens is 412 g/mol. The summed E-state index contributed by atoms with van der Waals surface area (Å²) in [6, 6.07) is 10.1. The minimum Gasteiger partial charge on any atom is -0.384 e. The topological polar surface area (TPSA) is 85.2 Å². The van der Waals surface area contributed by atoms with Gasteiger partial charge in [-0.25, -0.2) is 4.98 Å². The van der Waals surface area contributed by atoms with E-state index < -0.39 is 0 Å². The van der Waals surface area contributed by atoms with Crippen LogP contribution in [0, 0.1) is 0 Å². The standard InChI is InChI=1S/C22H28N6O2S/c1-16(24-20(29)9-13-30-2)21-26-25-19-8-10-27(11-12-28(19)21)15-18-14-23-22(31-18)17-6-4-3-5-7-17/h3-7,14,16H,8-13,15H2,1-2H3,(H,24,29)/t16-/m1/s1. The van der Waals surface area contributed by atoms with E-state index in [-0.39, 0.29) is 11.9 Å². The van der Waals surface area contributed by atoms with Crippen molar-refractivity contribution in [1.29, 1.82) is 0 Å². The Morgan fingerprint density at radius 2 is 2.06 bits per heavy atom. The minimum absolute atomic E-state index is 0.0404. The Kier molecular flexibility index (Phi) is 7.06. The number of rotatable bonds is 8. The van der Waals surface area contributed by atoms with Crippen molar-refractivity contribution in [3.05, 3.63) is 53.1 Å². The molecule has 1 N–H and O–H groups in total. The zero-order valence-corrected chi connectivity index (χ0v) is 18.8. The molecule has 0 fully saturated rings. The summed E-state index contributed by atoms with van der Waals surface area (Å²) in [5.41, 5.74) is 1.16. The molecule has 0 saturated heterocycles. The smallest absolute Gasteiger partial charge is 0.222 e. The molecule has 0 unspecified atom stereocenters. The Labute approximate surface area is 186 Å². The van der Waals surface area contributed by atoms with Gasteiger partial charge in [-0.15, -0.1) is 21.5 Å². The number of carbonyl (C=O) groups is 1. The molecule has 9 heteroatoms. The highest BCUT2D eigenvalue weighted by atomic mass is 32.1. The van der Waals surface area contributed by atoms with Crippen LogP contribution in [0.4, 0.5) is 0 Å². The number of ether oxygens (including phenoxy) is 1. The maximum Gasteiger partial charge on any atom is 0.222 e. The van der Waals surface area contributed by atoms with Gasteiger partial charge in [0, 0.05) is 62.8 Å². The number of carbonyl (C=O) groups excluding carboxylic acids is 1. The Morgan fingerprint density at radius 1 is 1.23 bits per heavy atom. The molecule has 1 aliphatic rings.